The van der Waals surface area contributed by atoms with Crippen LogP contribution < -0.4 is 10.6 Å². The molecule has 0 aliphatic heterocycles. The van der Waals surface area contributed by atoms with Crippen molar-refractivity contribution in [2.45, 2.75) is 25.7 Å². The summed E-state index contributed by atoms with van der Waals surface area (Å²) in [6.07, 6.45) is 5.32. The summed E-state index contributed by atoms with van der Waals surface area (Å²) in [5, 5.41) is 6.73. The minimum Gasteiger partial charge on any atom is -0.385 e. The Kier molecular flexibility index (Phi) is 5.59. The van der Waals surface area contributed by atoms with E-state index in [1.807, 2.05) is 24.3 Å². The standard InChI is InChI=1S/C18H19Cl2N3O/c19-15-9-10-16(20)23-17(15)18(24)22-14-7-5-13(6-8-14)21-11-12-3-1-2-4-12/h5-10,12,21H,1-4,11H2,(H,22,24). The van der Waals surface area contributed by atoms with Gasteiger partial charge in [-0.2, -0.15) is 0 Å². The number of carbonyl (C=O) groups excluding carboxylic acids is 1. The largest absolute Gasteiger partial charge is 0.385 e. The molecule has 1 aromatic carbocycles. The molecule has 3 rings (SSSR count). The molecule has 1 aliphatic carbocycles. The number of aromatic nitrogens is 1. The number of benzene rings is 1. The summed E-state index contributed by atoms with van der Waals surface area (Å²) < 4.78 is 0. The van der Waals surface area contributed by atoms with Gasteiger partial charge in [0.1, 0.15) is 10.8 Å². The first-order valence-corrected chi connectivity index (χ1v) is 8.85. The number of hydrogen-bond acceptors (Lipinski definition) is 3. The Morgan fingerprint density at radius 2 is 1.71 bits per heavy atom. The van der Waals surface area contributed by atoms with Crippen molar-refractivity contribution in [1.82, 2.24) is 4.98 Å². The molecule has 4 nitrogen and oxygen atoms in total. The first-order valence-electron chi connectivity index (χ1n) is 8.09. The summed E-state index contributed by atoms with van der Waals surface area (Å²) in [5.41, 5.74) is 1.86. The molecule has 1 fully saturated rings. The predicted molar refractivity (Wildman–Crippen MR) is 99.1 cm³/mol. The van der Waals surface area contributed by atoms with Crippen LogP contribution in [0.1, 0.15) is 36.2 Å². The first-order chi connectivity index (χ1) is 11.6. The molecule has 0 bridgehead atoms. The van der Waals surface area contributed by atoms with Gasteiger partial charge < -0.3 is 10.6 Å². The zero-order valence-corrected chi connectivity index (χ0v) is 14.7. The molecule has 2 aromatic rings. The van der Waals surface area contributed by atoms with Crippen LogP contribution in [0.2, 0.25) is 10.2 Å². The highest BCUT2D eigenvalue weighted by Gasteiger charge is 2.15. The second kappa shape index (κ2) is 7.86. The molecule has 0 unspecified atom stereocenters. The molecule has 0 atom stereocenters. The number of anilines is 2. The van der Waals surface area contributed by atoms with E-state index >= 15 is 0 Å². The van der Waals surface area contributed by atoms with Crippen molar-refractivity contribution >= 4 is 40.5 Å². The maximum absolute atomic E-state index is 12.2. The van der Waals surface area contributed by atoms with Crippen LogP contribution >= 0.6 is 23.2 Å². The molecule has 1 aromatic heterocycles. The number of amides is 1. The number of hydrogen-bond donors (Lipinski definition) is 2. The number of pyridine rings is 1. The van der Waals surface area contributed by atoms with Gasteiger partial charge in [-0.3, -0.25) is 4.79 Å². The molecule has 24 heavy (non-hydrogen) atoms. The van der Waals surface area contributed by atoms with Crippen molar-refractivity contribution in [2.75, 3.05) is 17.2 Å². The Balaban J connectivity index is 1.59. The van der Waals surface area contributed by atoms with E-state index < -0.39 is 0 Å². The molecule has 6 heteroatoms. The fraction of sp³-hybridized carbons (Fsp3) is 0.333. The minimum absolute atomic E-state index is 0.118. The molecule has 0 saturated heterocycles. The average Bonchev–Trinajstić information content (AvgIpc) is 3.10. The highest BCUT2D eigenvalue weighted by atomic mass is 35.5. The number of nitrogens with one attached hydrogen (secondary N) is 2. The second-order valence-corrected chi connectivity index (χ2v) is 6.82. The fourth-order valence-corrected chi connectivity index (χ4v) is 3.25. The van der Waals surface area contributed by atoms with E-state index in [2.05, 4.69) is 15.6 Å². The summed E-state index contributed by atoms with van der Waals surface area (Å²) in [5.74, 6) is 0.398. The SMILES string of the molecule is O=C(Nc1ccc(NCC2CCCC2)cc1)c1nc(Cl)ccc1Cl. The van der Waals surface area contributed by atoms with Crippen LogP contribution in [0.4, 0.5) is 11.4 Å². The van der Waals surface area contributed by atoms with E-state index in [0.717, 1.165) is 18.2 Å². The number of halogens is 2. The summed E-state index contributed by atoms with van der Waals surface area (Å²) >= 11 is 11.8. The molecule has 1 saturated carbocycles. The first kappa shape index (κ1) is 17.1. The van der Waals surface area contributed by atoms with Crippen LogP contribution in [0.5, 0.6) is 0 Å². The van der Waals surface area contributed by atoms with Gasteiger partial charge in [0.25, 0.3) is 5.91 Å². The van der Waals surface area contributed by atoms with Crippen LogP contribution in [-0.4, -0.2) is 17.4 Å². The monoisotopic (exact) mass is 363 g/mol. The molecule has 0 radical (unpaired) electrons. The van der Waals surface area contributed by atoms with Crippen molar-refractivity contribution < 1.29 is 4.79 Å². The Labute approximate surface area is 151 Å². The molecule has 2 N–H and O–H groups in total. The van der Waals surface area contributed by atoms with Crippen LogP contribution in [0.3, 0.4) is 0 Å². The third-order valence-corrected chi connectivity index (χ3v) is 4.75. The number of rotatable bonds is 5. The predicted octanol–water partition coefficient (Wildman–Crippen LogP) is 5.24. The van der Waals surface area contributed by atoms with Gasteiger partial charge in [0.15, 0.2) is 0 Å². The van der Waals surface area contributed by atoms with Crippen molar-refractivity contribution in [1.29, 1.82) is 0 Å². The van der Waals surface area contributed by atoms with Gasteiger partial charge >= 0.3 is 0 Å². The Bertz CT molecular complexity index is 713. The third-order valence-electron chi connectivity index (χ3n) is 4.24. The van der Waals surface area contributed by atoms with Gasteiger partial charge in [0, 0.05) is 17.9 Å². The van der Waals surface area contributed by atoms with Crippen molar-refractivity contribution in [3.8, 4) is 0 Å². The lowest BCUT2D eigenvalue weighted by atomic mass is 10.1. The molecule has 1 amide bonds. The normalized spacial score (nSPS) is 14.6. The van der Waals surface area contributed by atoms with E-state index in [9.17, 15) is 4.79 Å². The lowest BCUT2D eigenvalue weighted by Crippen LogP contribution is -2.14. The van der Waals surface area contributed by atoms with Gasteiger partial charge in [-0.1, -0.05) is 36.0 Å². The Hall–Kier alpha value is -1.78. The van der Waals surface area contributed by atoms with Gasteiger partial charge in [-0.05, 0) is 55.2 Å². The third kappa shape index (κ3) is 4.40. The zero-order valence-electron chi connectivity index (χ0n) is 13.2. The summed E-state index contributed by atoms with van der Waals surface area (Å²) in [6.45, 7) is 1.01. The topological polar surface area (TPSA) is 54.0 Å². The van der Waals surface area contributed by atoms with Gasteiger partial charge in [0.05, 0.1) is 5.02 Å². The van der Waals surface area contributed by atoms with E-state index in [1.54, 1.807) is 12.1 Å². The van der Waals surface area contributed by atoms with Gasteiger partial charge in [-0.15, -0.1) is 0 Å². The highest BCUT2D eigenvalue weighted by molar-refractivity contribution is 6.35. The highest BCUT2D eigenvalue weighted by Crippen LogP contribution is 2.25. The Morgan fingerprint density at radius 3 is 2.42 bits per heavy atom. The maximum atomic E-state index is 12.2. The van der Waals surface area contributed by atoms with E-state index in [-0.39, 0.29) is 21.8 Å². The molecular formula is C18H19Cl2N3O. The van der Waals surface area contributed by atoms with Crippen LogP contribution in [0, 0.1) is 5.92 Å². The molecular weight excluding hydrogens is 345 g/mol. The Morgan fingerprint density at radius 1 is 1.04 bits per heavy atom. The summed E-state index contributed by atoms with van der Waals surface area (Å²) in [6, 6.07) is 10.7. The van der Waals surface area contributed by atoms with E-state index in [0.29, 0.717) is 5.69 Å². The van der Waals surface area contributed by atoms with Crippen LogP contribution in [-0.2, 0) is 0 Å². The molecule has 0 spiro atoms. The average molecular weight is 364 g/mol. The van der Waals surface area contributed by atoms with Crippen LogP contribution in [0.25, 0.3) is 0 Å². The molecule has 1 heterocycles. The molecule has 1 aliphatic rings. The number of carbonyl (C=O) groups is 1. The van der Waals surface area contributed by atoms with Crippen molar-refractivity contribution in [3.63, 3.8) is 0 Å². The van der Waals surface area contributed by atoms with Crippen molar-refractivity contribution in [2.24, 2.45) is 5.92 Å². The number of nitrogens with zero attached hydrogens (tertiary/aromatic N) is 1. The lowest BCUT2D eigenvalue weighted by Gasteiger charge is -2.12. The van der Waals surface area contributed by atoms with Gasteiger partial charge in [-0.25, -0.2) is 4.98 Å². The second-order valence-electron chi connectivity index (χ2n) is 6.03. The summed E-state index contributed by atoms with van der Waals surface area (Å²) in [4.78, 5) is 16.2. The van der Waals surface area contributed by atoms with Gasteiger partial charge in [0.2, 0.25) is 0 Å². The van der Waals surface area contributed by atoms with Crippen molar-refractivity contribution in [3.05, 3.63) is 52.3 Å². The van der Waals surface area contributed by atoms with Crippen LogP contribution in [0.15, 0.2) is 36.4 Å². The summed E-state index contributed by atoms with van der Waals surface area (Å²) in [7, 11) is 0. The molecule has 126 valence electrons. The lowest BCUT2D eigenvalue weighted by molar-refractivity contribution is 0.102. The zero-order chi connectivity index (χ0) is 16.9. The van der Waals surface area contributed by atoms with E-state index in [1.165, 1.54) is 25.7 Å². The maximum Gasteiger partial charge on any atom is 0.275 e. The quantitative estimate of drug-likeness (QED) is 0.713. The minimum atomic E-state index is -0.380. The van der Waals surface area contributed by atoms with E-state index in [4.69, 9.17) is 23.2 Å². The smallest absolute Gasteiger partial charge is 0.275 e. The fourth-order valence-electron chi connectivity index (χ4n) is 2.92.